The summed E-state index contributed by atoms with van der Waals surface area (Å²) in [5.41, 5.74) is 3.71. The minimum atomic E-state index is -0.358. The lowest BCUT2D eigenvalue weighted by molar-refractivity contribution is 0.0795. The van der Waals surface area contributed by atoms with Crippen LogP contribution in [0.3, 0.4) is 0 Å². The fraction of sp³-hybridized carbons (Fsp3) is 0.227. The van der Waals surface area contributed by atoms with Gasteiger partial charge in [-0.25, -0.2) is 9.37 Å². The lowest BCUT2D eigenvalue weighted by Crippen LogP contribution is -2.28. The molecule has 0 saturated heterocycles. The first-order chi connectivity index (χ1) is 13.5. The van der Waals surface area contributed by atoms with E-state index in [2.05, 4.69) is 15.0 Å². The van der Waals surface area contributed by atoms with Crippen LogP contribution in [0.15, 0.2) is 48.5 Å². The van der Waals surface area contributed by atoms with Crippen molar-refractivity contribution < 1.29 is 9.18 Å². The second kappa shape index (κ2) is 7.38. The van der Waals surface area contributed by atoms with Crippen molar-refractivity contribution in [2.45, 2.75) is 19.8 Å². The normalized spacial score (nSPS) is 11.2. The van der Waals surface area contributed by atoms with E-state index in [1.165, 1.54) is 12.1 Å². The summed E-state index contributed by atoms with van der Waals surface area (Å²) >= 11 is 0. The number of hydrogen-bond acceptors (Lipinski definition) is 3. The number of hydrogen-bond donors (Lipinski definition) is 1. The molecule has 0 aliphatic rings. The monoisotopic (exact) mass is 376 g/mol. The summed E-state index contributed by atoms with van der Waals surface area (Å²) in [6.07, 6.45) is 1.55. The smallest absolute Gasteiger partial charge is 0.254 e. The fourth-order valence-electron chi connectivity index (χ4n) is 3.43. The first-order valence-electron chi connectivity index (χ1n) is 9.27. The molecule has 0 aliphatic carbocycles. The lowest BCUT2D eigenvalue weighted by atomic mass is 10.1. The highest BCUT2D eigenvalue weighted by atomic mass is 19.1. The van der Waals surface area contributed by atoms with Gasteiger partial charge in [0.15, 0.2) is 0 Å². The van der Waals surface area contributed by atoms with E-state index >= 15 is 0 Å². The summed E-state index contributed by atoms with van der Waals surface area (Å²) in [6.45, 7) is 2.41. The standard InChI is InChI=1S/C22H21FN4O/c1-14-12-17(16-10-9-15(23)13-20(16)24-14)22(28)27(2)11-5-8-21-25-18-6-3-4-7-19(18)26-21/h3-4,6-7,9-10,12-13H,5,8,11H2,1-2H3,(H,25,26). The average molecular weight is 376 g/mol. The minimum Gasteiger partial charge on any atom is -0.342 e. The Bertz CT molecular complexity index is 1130. The Morgan fingerprint density at radius 3 is 2.75 bits per heavy atom. The van der Waals surface area contributed by atoms with E-state index in [0.717, 1.165) is 29.7 Å². The van der Waals surface area contributed by atoms with Crippen molar-refractivity contribution in [2.24, 2.45) is 0 Å². The molecule has 0 unspecified atom stereocenters. The van der Waals surface area contributed by atoms with Crippen LogP contribution in [0.2, 0.25) is 0 Å². The largest absolute Gasteiger partial charge is 0.342 e. The molecule has 0 fully saturated rings. The molecule has 5 nitrogen and oxygen atoms in total. The van der Waals surface area contributed by atoms with Gasteiger partial charge < -0.3 is 9.88 Å². The number of carbonyl (C=O) groups excluding carboxylic acids is 1. The maximum absolute atomic E-state index is 13.5. The fourth-order valence-corrected chi connectivity index (χ4v) is 3.43. The van der Waals surface area contributed by atoms with Crippen LogP contribution in [0, 0.1) is 12.7 Å². The van der Waals surface area contributed by atoms with Crippen molar-refractivity contribution in [3.63, 3.8) is 0 Å². The number of imidazole rings is 1. The van der Waals surface area contributed by atoms with Gasteiger partial charge in [0.2, 0.25) is 0 Å². The SMILES string of the molecule is Cc1cc(C(=O)N(C)CCCc2nc3ccccc3[nH]2)c2ccc(F)cc2n1. The molecular formula is C22H21FN4O. The van der Waals surface area contributed by atoms with Gasteiger partial charge in [-0.2, -0.15) is 0 Å². The Balaban J connectivity index is 1.47. The molecular weight excluding hydrogens is 355 g/mol. The van der Waals surface area contributed by atoms with E-state index in [4.69, 9.17) is 0 Å². The van der Waals surface area contributed by atoms with Crippen LogP contribution >= 0.6 is 0 Å². The van der Waals surface area contributed by atoms with E-state index in [0.29, 0.717) is 28.7 Å². The molecule has 6 heteroatoms. The summed E-state index contributed by atoms with van der Waals surface area (Å²) in [5, 5.41) is 0.668. The summed E-state index contributed by atoms with van der Waals surface area (Å²) in [4.78, 5) is 26.9. The number of benzene rings is 2. The van der Waals surface area contributed by atoms with E-state index < -0.39 is 0 Å². The van der Waals surface area contributed by atoms with Gasteiger partial charge in [-0.15, -0.1) is 0 Å². The predicted octanol–water partition coefficient (Wildman–Crippen LogP) is 4.26. The minimum absolute atomic E-state index is 0.0910. The Kier molecular flexibility index (Phi) is 4.77. The Morgan fingerprint density at radius 2 is 1.93 bits per heavy atom. The molecule has 0 aliphatic heterocycles. The molecule has 0 atom stereocenters. The van der Waals surface area contributed by atoms with Crippen molar-refractivity contribution >= 4 is 27.8 Å². The van der Waals surface area contributed by atoms with Crippen LogP contribution in [0.25, 0.3) is 21.9 Å². The van der Waals surface area contributed by atoms with E-state index in [-0.39, 0.29) is 11.7 Å². The molecule has 0 saturated carbocycles. The molecule has 28 heavy (non-hydrogen) atoms. The van der Waals surface area contributed by atoms with Crippen LogP contribution in [0.4, 0.5) is 4.39 Å². The van der Waals surface area contributed by atoms with Crippen molar-refractivity contribution in [3.05, 3.63) is 71.4 Å². The molecule has 4 rings (SSSR count). The number of carbonyl (C=O) groups is 1. The summed E-state index contributed by atoms with van der Waals surface area (Å²) in [5.74, 6) is 0.470. The third kappa shape index (κ3) is 3.58. The van der Waals surface area contributed by atoms with E-state index in [1.54, 1.807) is 24.1 Å². The van der Waals surface area contributed by atoms with Crippen LogP contribution < -0.4 is 0 Å². The highest BCUT2D eigenvalue weighted by Gasteiger charge is 2.16. The highest BCUT2D eigenvalue weighted by molar-refractivity contribution is 6.06. The molecule has 4 aromatic rings. The van der Waals surface area contributed by atoms with Crippen molar-refractivity contribution in [3.8, 4) is 0 Å². The van der Waals surface area contributed by atoms with Crippen molar-refractivity contribution in [2.75, 3.05) is 13.6 Å². The predicted molar refractivity (Wildman–Crippen MR) is 108 cm³/mol. The third-order valence-electron chi connectivity index (χ3n) is 4.82. The molecule has 0 radical (unpaired) electrons. The molecule has 1 N–H and O–H groups in total. The lowest BCUT2D eigenvalue weighted by Gasteiger charge is -2.18. The van der Waals surface area contributed by atoms with Gasteiger partial charge in [-0.05, 0) is 43.7 Å². The van der Waals surface area contributed by atoms with Crippen molar-refractivity contribution in [1.29, 1.82) is 0 Å². The Labute approximate surface area is 162 Å². The van der Waals surface area contributed by atoms with Gasteiger partial charge in [-0.3, -0.25) is 9.78 Å². The maximum atomic E-state index is 13.5. The first kappa shape index (κ1) is 18.1. The maximum Gasteiger partial charge on any atom is 0.254 e. The molecule has 2 aromatic carbocycles. The number of amides is 1. The number of aryl methyl sites for hydroxylation is 2. The number of rotatable bonds is 5. The molecule has 2 aromatic heterocycles. The zero-order valence-corrected chi connectivity index (χ0v) is 15.9. The van der Waals surface area contributed by atoms with Crippen LogP contribution in [0.1, 0.15) is 28.3 Å². The summed E-state index contributed by atoms with van der Waals surface area (Å²) in [6, 6.07) is 14.0. The molecule has 1 amide bonds. The first-order valence-corrected chi connectivity index (χ1v) is 9.27. The number of nitrogens with one attached hydrogen (secondary N) is 1. The number of nitrogens with zero attached hydrogens (tertiary/aromatic N) is 3. The Morgan fingerprint density at radius 1 is 1.11 bits per heavy atom. The zero-order valence-electron chi connectivity index (χ0n) is 15.9. The van der Waals surface area contributed by atoms with Gasteiger partial charge >= 0.3 is 0 Å². The van der Waals surface area contributed by atoms with Gasteiger partial charge in [0, 0.05) is 37.2 Å². The second-order valence-corrected chi connectivity index (χ2v) is 7.00. The number of halogens is 1. The third-order valence-corrected chi connectivity index (χ3v) is 4.82. The topological polar surface area (TPSA) is 61.9 Å². The zero-order chi connectivity index (χ0) is 19.7. The van der Waals surface area contributed by atoms with Gasteiger partial charge in [0.05, 0.1) is 22.1 Å². The number of para-hydroxylation sites is 2. The van der Waals surface area contributed by atoms with Crippen LogP contribution in [-0.2, 0) is 6.42 Å². The average Bonchev–Trinajstić information content (AvgIpc) is 3.09. The number of fused-ring (bicyclic) bond motifs is 2. The quantitative estimate of drug-likeness (QED) is 0.566. The van der Waals surface area contributed by atoms with Crippen LogP contribution in [0.5, 0.6) is 0 Å². The number of H-pyrrole nitrogens is 1. The van der Waals surface area contributed by atoms with Gasteiger partial charge in [-0.1, -0.05) is 12.1 Å². The molecule has 142 valence electrons. The molecule has 2 heterocycles. The summed E-state index contributed by atoms with van der Waals surface area (Å²) < 4.78 is 13.5. The number of aromatic amines is 1. The summed E-state index contributed by atoms with van der Waals surface area (Å²) in [7, 11) is 1.78. The van der Waals surface area contributed by atoms with Crippen molar-refractivity contribution in [1.82, 2.24) is 19.9 Å². The highest BCUT2D eigenvalue weighted by Crippen LogP contribution is 2.21. The Hall–Kier alpha value is -3.28. The van der Waals surface area contributed by atoms with Gasteiger partial charge in [0.25, 0.3) is 5.91 Å². The van der Waals surface area contributed by atoms with Crippen LogP contribution in [-0.4, -0.2) is 39.4 Å². The van der Waals surface area contributed by atoms with Gasteiger partial charge in [0.1, 0.15) is 11.6 Å². The number of pyridine rings is 1. The van der Waals surface area contributed by atoms with E-state index in [9.17, 15) is 9.18 Å². The molecule has 0 spiro atoms. The molecule has 0 bridgehead atoms. The second-order valence-electron chi connectivity index (χ2n) is 7.00. The number of aromatic nitrogens is 3. The van der Waals surface area contributed by atoms with E-state index in [1.807, 2.05) is 31.2 Å².